The van der Waals surface area contributed by atoms with Crippen LogP contribution >= 0.6 is 23.2 Å². The highest BCUT2D eigenvalue weighted by Crippen LogP contribution is 2.29. The van der Waals surface area contributed by atoms with Crippen LogP contribution in [0.3, 0.4) is 0 Å². The Labute approximate surface area is 155 Å². The van der Waals surface area contributed by atoms with Crippen molar-refractivity contribution in [3.05, 3.63) is 28.2 Å². The molecule has 1 fully saturated rings. The average molecular weight is 393 g/mol. The Kier molecular flexibility index (Phi) is 6.46. The predicted octanol–water partition coefficient (Wildman–Crippen LogP) is 4.68. The Bertz CT molecular complexity index is 664. The van der Waals surface area contributed by atoms with E-state index in [4.69, 9.17) is 23.2 Å². The molecule has 0 radical (unpaired) electrons. The molecule has 0 atom stereocenters. The van der Waals surface area contributed by atoms with Crippen molar-refractivity contribution in [1.82, 2.24) is 4.72 Å². The SMILES string of the molecule is CC(C)(C)S(=O)(=O)N[C@H]1CC[C@H](CNc2ccc(Cl)cc2Cl)CC1. The molecule has 7 heteroatoms. The minimum absolute atomic E-state index is 0.0459. The average Bonchev–Trinajstić information content (AvgIpc) is 2.46. The summed E-state index contributed by atoms with van der Waals surface area (Å²) in [6, 6.07) is 5.47. The standard InChI is InChI=1S/C17H26Cl2N2O2S/c1-17(2,3)24(22,23)21-14-7-4-12(5-8-14)11-20-16-9-6-13(18)10-15(16)19/h6,9-10,12,14,20-21H,4-5,7-8,11H2,1-3H3/t12-,14-. The van der Waals surface area contributed by atoms with Crippen LogP contribution in [0.15, 0.2) is 18.2 Å². The lowest BCUT2D eigenvalue weighted by Gasteiger charge is -2.31. The van der Waals surface area contributed by atoms with Crippen LogP contribution in [0.25, 0.3) is 0 Å². The molecule has 0 unspecified atom stereocenters. The minimum Gasteiger partial charge on any atom is -0.384 e. The lowest BCUT2D eigenvalue weighted by molar-refractivity contribution is 0.322. The summed E-state index contributed by atoms with van der Waals surface area (Å²) in [5.74, 6) is 0.520. The van der Waals surface area contributed by atoms with E-state index in [0.717, 1.165) is 37.9 Å². The summed E-state index contributed by atoms with van der Waals surface area (Å²) < 4.78 is 26.6. The zero-order chi connectivity index (χ0) is 18.0. The van der Waals surface area contributed by atoms with E-state index in [1.54, 1.807) is 26.8 Å². The van der Waals surface area contributed by atoms with Gasteiger partial charge in [-0.2, -0.15) is 0 Å². The zero-order valence-corrected chi connectivity index (χ0v) is 16.7. The molecule has 0 aliphatic heterocycles. The lowest BCUT2D eigenvalue weighted by atomic mass is 9.86. The Balaban J connectivity index is 1.81. The van der Waals surface area contributed by atoms with Crippen molar-refractivity contribution >= 4 is 38.9 Å². The Morgan fingerprint density at radius 1 is 1.12 bits per heavy atom. The Morgan fingerprint density at radius 3 is 2.29 bits per heavy atom. The molecule has 1 aromatic rings. The van der Waals surface area contributed by atoms with Gasteiger partial charge in [-0.15, -0.1) is 0 Å². The van der Waals surface area contributed by atoms with Crippen molar-refractivity contribution < 1.29 is 8.42 Å². The highest BCUT2D eigenvalue weighted by Gasteiger charge is 2.32. The molecule has 0 heterocycles. The summed E-state index contributed by atoms with van der Waals surface area (Å²) in [4.78, 5) is 0. The summed E-state index contributed by atoms with van der Waals surface area (Å²) in [5.41, 5.74) is 0.886. The molecule has 0 spiro atoms. The molecule has 0 amide bonds. The third kappa shape index (κ3) is 5.25. The van der Waals surface area contributed by atoms with Gasteiger partial charge in [0.25, 0.3) is 0 Å². The molecule has 1 aliphatic rings. The smallest absolute Gasteiger partial charge is 0.216 e. The summed E-state index contributed by atoms with van der Waals surface area (Å²) in [7, 11) is -3.28. The topological polar surface area (TPSA) is 58.2 Å². The van der Waals surface area contributed by atoms with Gasteiger partial charge in [-0.1, -0.05) is 23.2 Å². The minimum atomic E-state index is -3.28. The van der Waals surface area contributed by atoms with E-state index in [1.807, 2.05) is 12.1 Å². The van der Waals surface area contributed by atoms with Gasteiger partial charge in [-0.05, 0) is 70.6 Å². The molecular weight excluding hydrogens is 367 g/mol. The molecule has 136 valence electrons. The molecule has 2 rings (SSSR count). The van der Waals surface area contributed by atoms with Gasteiger partial charge in [0.2, 0.25) is 10.0 Å². The molecule has 4 nitrogen and oxygen atoms in total. The first-order chi connectivity index (χ1) is 11.1. The first kappa shape index (κ1) is 19.8. The molecular formula is C17H26Cl2N2O2S. The first-order valence-electron chi connectivity index (χ1n) is 8.29. The fourth-order valence-electron chi connectivity index (χ4n) is 2.77. The molecule has 0 saturated heterocycles. The molecule has 1 aromatic carbocycles. The Morgan fingerprint density at radius 2 is 1.75 bits per heavy atom. The molecule has 2 N–H and O–H groups in total. The van der Waals surface area contributed by atoms with Gasteiger partial charge >= 0.3 is 0 Å². The number of hydrogen-bond acceptors (Lipinski definition) is 3. The normalized spacial score (nSPS) is 22.4. The van der Waals surface area contributed by atoms with Gasteiger partial charge < -0.3 is 5.32 Å². The van der Waals surface area contributed by atoms with Crippen LogP contribution in [-0.2, 0) is 10.0 Å². The second kappa shape index (κ2) is 7.81. The molecule has 0 bridgehead atoms. The van der Waals surface area contributed by atoms with E-state index < -0.39 is 14.8 Å². The summed E-state index contributed by atoms with van der Waals surface area (Å²) in [5, 5.41) is 4.61. The number of sulfonamides is 1. The fourth-order valence-corrected chi connectivity index (χ4v) is 4.27. The number of rotatable bonds is 5. The third-order valence-electron chi connectivity index (χ3n) is 4.49. The van der Waals surface area contributed by atoms with Gasteiger partial charge in [0.1, 0.15) is 0 Å². The summed E-state index contributed by atoms with van der Waals surface area (Å²) in [6.45, 7) is 6.00. The summed E-state index contributed by atoms with van der Waals surface area (Å²) in [6.07, 6.45) is 3.73. The van der Waals surface area contributed by atoms with E-state index in [0.29, 0.717) is 16.0 Å². The van der Waals surface area contributed by atoms with E-state index in [9.17, 15) is 8.42 Å². The number of halogens is 2. The largest absolute Gasteiger partial charge is 0.384 e. The highest BCUT2D eigenvalue weighted by molar-refractivity contribution is 7.90. The van der Waals surface area contributed by atoms with Crippen LogP contribution < -0.4 is 10.0 Å². The van der Waals surface area contributed by atoms with Crippen molar-refractivity contribution in [2.24, 2.45) is 5.92 Å². The van der Waals surface area contributed by atoms with E-state index in [1.165, 1.54) is 0 Å². The van der Waals surface area contributed by atoms with Crippen molar-refractivity contribution in [2.75, 3.05) is 11.9 Å². The zero-order valence-electron chi connectivity index (χ0n) is 14.4. The van der Waals surface area contributed by atoms with E-state index in [-0.39, 0.29) is 6.04 Å². The fraction of sp³-hybridized carbons (Fsp3) is 0.647. The maximum atomic E-state index is 12.2. The van der Waals surface area contributed by atoms with Crippen LogP contribution in [0.5, 0.6) is 0 Å². The van der Waals surface area contributed by atoms with Crippen molar-refractivity contribution in [3.8, 4) is 0 Å². The van der Waals surface area contributed by atoms with Gasteiger partial charge in [-0.3, -0.25) is 0 Å². The van der Waals surface area contributed by atoms with Crippen molar-refractivity contribution in [3.63, 3.8) is 0 Å². The van der Waals surface area contributed by atoms with E-state index >= 15 is 0 Å². The van der Waals surface area contributed by atoms with E-state index in [2.05, 4.69) is 10.0 Å². The number of nitrogens with one attached hydrogen (secondary N) is 2. The van der Waals surface area contributed by atoms with Crippen LogP contribution in [0.4, 0.5) is 5.69 Å². The molecule has 1 aliphatic carbocycles. The van der Waals surface area contributed by atoms with Gasteiger partial charge in [0.05, 0.1) is 15.5 Å². The number of anilines is 1. The molecule has 0 aromatic heterocycles. The number of benzene rings is 1. The van der Waals surface area contributed by atoms with Crippen LogP contribution in [0.1, 0.15) is 46.5 Å². The monoisotopic (exact) mass is 392 g/mol. The Hall–Kier alpha value is -0.490. The lowest BCUT2D eigenvalue weighted by Crippen LogP contribution is -2.46. The maximum Gasteiger partial charge on any atom is 0.216 e. The van der Waals surface area contributed by atoms with Gasteiger partial charge in [0, 0.05) is 17.6 Å². The highest BCUT2D eigenvalue weighted by atomic mass is 35.5. The maximum absolute atomic E-state index is 12.2. The second-order valence-corrected chi connectivity index (χ2v) is 10.8. The van der Waals surface area contributed by atoms with Crippen molar-refractivity contribution in [2.45, 2.75) is 57.2 Å². The predicted molar refractivity (Wildman–Crippen MR) is 103 cm³/mol. The van der Waals surface area contributed by atoms with Crippen LogP contribution in [-0.4, -0.2) is 25.8 Å². The van der Waals surface area contributed by atoms with Crippen LogP contribution in [0.2, 0.25) is 10.0 Å². The van der Waals surface area contributed by atoms with Gasteiger partial charge in [-0.25, -0.2) is 13.1 Å². The summed E-state index contributed by atoms with van der Waals surface area (Å²) >= 11 is 12.1. The first-order valence-corrected chi connectivity index (χ1v) is 10.5. The molecule has 24 heavy (non-hydrogen) atoms. The second-order valence-electron chi connectivity index (χ2n) is 7.46. The number of hydrogen-bond donors (Lipinski definition) is 2. The van der Waals surface area contributed by atoms with Crippen molar-refractivity contribution in [1.29, 1.82) is 0 Å². The quantitative estimate of drug-likeness (QED) is 0.764. The molecule has 1 saturated carbocycles. The van der Waals surface area contributed by atoms with Gasteiger partial charge in [0.15, 0.2) is 0 Å². The van der Waals surface area contributed by atoms with Crippen LogP contribution in [0, 0.1) is 5.92 Å². The third-order valence-corrected chi connectivity index (χ3v) is 7.29.